The van der Waals surface area contributed by atoms with Gasteiger partial charge in [-0.15, -0.1) is 11.3 Å². The summed E-state index contributed by atoms with van der Waals surface area (Å²) in [5.74, 6) is 0.680. The van der Waals surface area contributed by atoms with Crippen molar-refractivity contribution in [1.82, 2.24) is 4.98 Å². The third kappa shape index (κ3) is 2.95. The monoisotopic (exact) mass is 297 g/mol. The SMILES string of the molecule is CC(C)c1ccc(OC(=O)c2ccc3ncsc3c2)cc1. The van der Waals surface area contributed by atoms with Gasteiger partial charge in [-0.3, -0.25) is 0 Å². The van der Waals surface area contributed by atoms with E-state index in [0.29, 0.717) is 17.2 Å². The second-order valence-corrected chi connectivity index (χ2v) is 6.03. The van der Waals surface area contributed by atoms with Gasteiger partial charge in [-0.25, -0.2) is 9.78 Å². The average Bonchev–Trinajstić information content (AvgIpc) is 2.95. The Morgan fingerprint density at radius 2 is 1.90 bits per heavy atom. The lowest BCUT2D eigenvalue weighted by Gasteiger charge is -2.07. The molecule has 1 aromatic heterocycles. The normalized spacial score (nSPS) is 11.0. The molecule has 0 aliphatic heterocycles. The van der Waals surface area contributed by atoms with E-state index in [9.17, 15) is 4.79 Å². The van der Waals surface area contributed by atoms with Gasteiger partial charge in [-0.2, -0.15) is 0 Å². The fourth-order valence-corrected chi connectivity index (χ4v) is 2.79. The summed E-state index contributed by atoms with van der Waals surface area (Å²) >= 11 is 1.51. The van der Waals surface area contributed by atoms with Gasteiger partial charge in [0.2, 0.25) is 0 Å². The van der Waals surface area contributed by atoms with Crippen LogP contribution in [0, 0.1) is 0 Å². The molecule has 0 amide bonds. The Hall–Kier alpha value is -2.20. The molecule has 1 heterocycles. The van der Waals surface area contributed by atoms with Crippen molar-refractivity contribution in [1.29, 1.82) is 0 Å². The molecule has 0 spiro atoms. The van der Waals surface area contributed by atoms with E-state index in [4.69, 9.17) is 4.74 Å². The van der Waals surface area contributed by atoms with Gasteiger partial charge in [-0.05, 0) is 41.8 Å². The summed E-state index contributed by atoms with van der Waals surface area (Å²) < 4.78 is 6.39. The zero-order chi connectivity index (χ0) is 14.8. The molecule has 0 unspecified atom stereocenters. The van der Waals surface area contributed by atoms with E-state index in [1.165, 1.54) is 16.9 Å². The molecule has 0 fully saturated rings. The second-order valence-electron chi connectivity index (χ2n) is 5.15. The zero-order valence-corrected chi connectivity index (χ0v) is 12.7. The Labute approximate surface area is 127 Å². The van der Waals surface area contributed by atoms with Gasteiger partial charge < -0.3 is 4.74 Å². The summed E-state index contributed by atoms with van der Waals surface area (Å²) in [5.41, 5.74) is 4.43. The zero-order valence-electron chi connectivity index (χ0n) is 11.9. The van der Waals surface area contributed by atoms with Crippen LogP contribution in [0.25, 0.3) is 10.2 Å². The number of hydrogen-bond donors (Lipinski definition) is 0. The molecule has 0 saturated heterocycles. The van der Waals surface area contributed by atoms with E-state index in [-0.39, 0.29) is 5.97 Å². The minimum atomic E-state index is -0.345. The number of ether oxygens (including phenoxy) is 1. The fourth-order valence-electron chi connectivity index (χ4n) is 2.07. The van der Waals surface area contributed by atoms with Crippen molar-refractivity contribution in [3.05, 3.63) is 59.1 Å². The van der Waals surface area contributed by atoms with Crippen molar-refractivity contribution in [2.75, 3.05) is 0 Å². The van der Waals surface area contributed by atoms with Crippen molar-refractivity contribution in [2.24, 2.45) is 0 Å². The molecule has 3 aromatic rings. The number of hydrogen-bond acceptors (Lipinski definition) is 4. The first-order chi connectivity index (χ1) is 10.1. The number of carbonyl (C=O) groups excluding carboxylic acids is 1. The van der Waals surface area contributed by atoms with Crippen LogP contribution in [0.15, 0.2) is 48.0 Å². The number of thiazole rings is 1. The van der Waals surface area contributed by atoms with Gasteiger partial charge in [0.15, 0.2) is 0 Å². The van der Waals surface area contributed by atoms with Crippen LogP contribution in [0.2, 0.25) is 0 Å². The summed E-state index contributed by atoms with van der Waals surface area (Å²) in [4.78, 5) is 16.4. The van der Waals surface area contributed by atoms with Crippen LogP contribution in [0.5, 0.6) is 5.75 Å². The predicted molar refractivity (Wildman–Crippen MR) is 85.1 cm³/mol. The summed E-state index contributed by atoms with van der Waals surface area (Å²) in [6.07, 6.45) is 0. The number of nitrogens with zero attached hydrogens (tertiary/aromatic N) is 1. The van der Waals surface area contributed by atoms with Gasteiger partial charge >= 0.3 is 5.97 Å². The Morgan fingerprint density at radius 3 is 2.62 bits per heavy atom. The fraction of sp³-hybridized carbons (Fsp3) is 0.176. The second kappa shape index (κ2) is 5.66. The minimum Gasteiger partial charge on any atom is -0.423 e. The highest BCUT2D eigenvalue weighted by molar-refractivity contribution is 7.16. The first-order valence-corrected chi connectivity index (χ1v) is 7.67. The molecule has 0 aliphatic rings. The smallest absolute Gasteiger partial charge is 0.343 e. The quantitative estimate of drug-likeness (QED) is 0.522. The van der Waals surface area contributed by atoms with E-state index >= 15 is 0 Å². The summed E-state index contributed by atoms with van der Waals surface area (Å²) in [7, 11) is 0. The Kier molecular flexibility index (Phi) is 3.71. The van der Waals surface area contributed by atoms with Crippen molar-refractivity contribution >= 4 is 27.5 Å². The summed E-state index contributed by atoms with van der Waals surface area (Å²) in [5, 5.41) is 0. The van der Waals surface area contributed by atoms with Crippen LogP contribution in [0.3, 0.4) is 0 Å². The van der Waals surface area contributed by atoms with Crippen molar-refractivity contribution in [2.45, 2.75) is 19.8 Å². The molecule has 3 nitrogen and oxygen atoms in total. The predicted octanol–water partition coefficient (Wildman–Crippen LogP) is 4.64. The van der Waals surface area contributed by atoms with Gasteiger partial charge in [0.05, 0.1) is 21.3 Å². The number of carbonyl (C=O) groups is 1. The largest absolute Gasteiger partial charge is 0.423 e. The van der Waals surface area contributed by atoms with Crippen molar-refractivity contribution in [3.8, 4) is 5.75 Å². The number of benzene rings is 2. The maximum absolute atomic E-state index is 12.2. The number of aromatic nitrogens is 1. The van der Waals surface area contributed by atoms with Crippen LogP contribution in [0.4, 0.5) is 0 Å². The molecule has 21 heavy (non-hydrogen) atoms. The molecule has 0 N–H and O–H groups in total. The van der Waals surface area contributed by atoms with Gasteiger partial charge in [-0.1, -0.05) is 26.0 Å². The van der Waals surface area contributed by atoms with Gasteiger partial charge in [0.25, 0.3) is 0 Å². The first kappa shape index (κ1) is 13.8. The maximum atomic E-state index is 12.2. The minimum absolute atomic E-state index is 0.345. The highest BCUT2D eigenvalue weighted by Crippen LogP contribution is 2.22. The van der Waals surface area contributed by atoms with E-state index < -0.39 is 0 Å². The topological polar surface area (TPSA) is 39.2 Å². The third-order valence-corrected chi connectivity index (χ3v) is 4.12. The van der Waals surface area contributed by atoms with E-state index in [0.717, 1.165) is 10.2 Å². The highest BCUT2D eigenvalue weighted by atomic mass is 32.1. The molecule has 0 bridgehead atoms. The molecule has 0 aliphatic carbocycles. The molecular formula is C17H15NO2S. The Bertz CT molecular complexity index is 775. The molecule has 0 atom stereocenters. The number of fused-ring (bicyclic) bond motifs is 1. The van der Waals surface area contributed by atoms with Crippen LogP contribution in [-0.2, 0) is 0 Å². The first-order valence-electron chi connectivity index (χ1n) is 6.79. The molecule has 0 radical (unpaired) electrons. The molecule has 106 valence electrons. The lowest BCUT2D eigenvalue weighted by Crippen LogP contribution is -2.08. The third-order valence-electron chi connectivity index (χ3n) is 3.32. The lowest BCUT2D eigenvalue weighted by molar-refractivity contribution is 0.0735. The van der Waals surface area contributed by atoms with Crippen molar-refractivity contribution < 1.29 is 9.53 Å². The van der Waals surface area contributed by atoms with Gasteiger partial charge in [0.1, 0.15) is 5.75 Å². The van der Waals surface area contributed by atoms with Gasteiger partial charge in [0, 0.05) is 0 Å². The molecular weight excluding hydrogens is 282 g/mol. The number of rotatable bonds is 3. The van der Waals surface area contributed by atoms with E-state index in [2.05, 4.69) is 18.8 Å². The summed E-state index contributed by atoms with van der Waals surface area (Å²) in [6, 6.07) is 13.0. The molecule has 2 aromatic carbocycles. The molecule has 0 saturated carbocycles. The Balaban J connectivity index is 1.78. The Morgan fingerprint density at radius 1 is 1.14 bits per heavy atom. The molecule has 4 heteroatoms. The van der Waals surface area contributed by atoms with Crippen LogP contribution in [0.1, 0.15) is 35.7 Å². The van der Waals surface area contributed by atoms with Crippen LogP contribution < -0.4 is 4.74 Å². The van der Waals surface area contributed by atoms with E-state index in [1.807, 2.05) is 36.4 Å². The highest BCUT2D eigenvalue weighted by Gasteiger charge is 2.10. The van der Waals surface area contributed by atoms with Crippen molar-refractivity contribution in [3.63, 3.8) is 0 Å². The van der Waals surface area contributed by atoms with Crippen LogP contribution >= 0.6 is 11.3 Å². The average molecular weight is 297 g/mol. The summed E-state index contributed by atoms with van der Waals surface area (Å²) in [6.45, 7) is 4.26. The van der Waals surface area contributed by atoms with Crippen LogP contribution in [-0.4, -0.2) is 11.0 Å². The lowest BCUT2D eigenvalue weighted by atomic mass is 10.0. The maximum Gasteiger partial charge on any atom is 0.343 e. The van der Waals surface area contributed by atoms with E-state index in [1.54, 1.807) is 11.6 Å². The number of esters is 1. The standard InChI is InChI=1S/C17H15NO2S/c1-11(2)12-3-6-14(7-4-12)20-17(19)13-5-8-15-16(9-13)21-10-18-15/h3-11H,1-2H3. The molecule has 3 rings (SSSR count).